The average molecular weight is 453 g/mol. The summed E-state index contributed by atoms with van der Waals surface area (Å²) < 4.78 is 5.72. The Kier molecular flexibility index (Phi) is 7.51. The van der Waals surface area contributed by atoms with Crippen LogP contribution in [-0.4, -0.2) is 18.3 Å². The maximum atomic E-state index is 12.4. The van der Waals surface area contributed by atoms with E-state index in [1.54, 1.807) is 36.0 Å². The van der Waals surface area contributed by atoms with Gasteiger partial charge in [0.2, 0.25) is 0 Å². The van der Waals surface area contributed by atoms with E-state index in [4.69, 9.17) is 39.5 Å². The summed E-state index contributed by atoms with van der Waals surface area (Å²) in [5.74, 6) is 1.24. The minimum Gasteiger partial charge on any atom is -0.493 e. The molecule has 0 aliphatic heterocycles. The zero-order chi connectivity index (χ0) is 19.9. The molecule has 0 aliphatic carbocycles. The van der Waals surface area contributed by atoms with Gasteiger partial charge in [-0.25, -0.2) is 0 Å². The van der Waals surface area contributed by atoms with E-state index in [1.165, 1.54) is 17.0 Å². The largest absolute Gasteiger partial charge is 0.493 e. The van der Waals surface area contributed by atoms with Gasteiger partial charge in [0.25, 0.3) is 5.91 Å². The lowest BCUT2D eigenvalue weighted by atomic mass is 10.2. The van der Waals surface area contributed by atoms with Gasteiger partial charge in [-0.1, -0.05) is 53.0 Å². The standard InChI is InChI=1S/C21H16Cl3NO2S/c22-17-12-19(24)20(13-18(17)23)25-21(26)14-6-8-15(9-7-14)27-10-11-28-16-4-2-1-3-5-16/h1-9,12-13H,10-11H2,(H,25,26). The highest BCUT2D eigenvalue weighted by molar-refractivity contribution is 7.99. The molecule has 1 amide bonds. The number of ether oxygens (including phenoxy) is 1. The van der Waals surface area contributed by atoms with Crippen LogP contribution in [-0.2, 0) is 0 Å². The van der Waals surface area contributed by atoms with Gasteiger partial charge in [0, 0.05) is 16.2 Å². The number of hydrogen-bond acceptors (Lipinski definition) is 3. The SMILES string of the molecule is O=C(Nc1cc(Cl)c(Cl)cc1Cl)c1ccc(OCCSc2ccccc2)cc1. The van der Waals surface area contributed by atoms with Crippen molar-refractivity contribution in [3.05, 3.63) is 87.4 Å². The maximum absolute atomic E-state index is 12.4. The molecule has 0 fully saturated rings. The van der Waals surface area contributed by atoms with Crippen molar-refractivity contribution in [2.24, 2.45) is 0 Å². The molecule has 0 saturated carbocycles. The Morgan fingerprint density at radius 3 is 2.29 bits per heavy atom. The van der Waals surface area contributed by atoms with Crippen molar-refractivity contribution in [3.63, 3.8) is 0 Å². The molecule has 0 unspecified atom stereocenters. The summed E-state index contributed by atoms with van der Waals surface area (Å²) in [4.78, 5) is 13.6. The average Bonchev–Trinajstić information content (AvgIpc) is 2.70. The van der Waals surface area contributed by atoms with Crippen molar-refractivity contribution in [3.8, 4) is 5.75 Å². The topological polar surface area (TPSA) is 38.3 Å². The number of hydrogen-bond donors (Lipinski definition) is 1. The first kappa shape index (κ1) is 20.9. The van der Waals surface area contributed by atoms with E-state index >= 15 is 0 Å². The summed E-state index contributed by atoms with van der Waals surface area (Å²) in [6.07, 6.45) is 0. The van der Waals surface area contributed by atoms with Crippen LogP contribution in [0.5, 0.6) is 5.75 Å². The van der Waals surface area contributed by atoms with Crippen molar-refractivity contribution in [2.75, 3.05) is 17.7 Å². The van der Waals surface area contributed by atoms with Gasteiger partial charge in [-0.15, -0.1) is 11.8 Å². The lowest BCUT2D eigenvalue weighted by Gasteiger charge is -2.10. The van der Waals surface area contributed by atoms with E-state index in [-0.39, 0.29) is 5.91 Å². The fourth-order valence-corrected chi connectivity index (χ4v) is 3.70. The molecule has 3 nitrogen and oxygen atoms in total. The van der Waals surface area contributed by atoms with Crippen LogP contribution >= 0.6 is 46.6 Å². The van der Waals surface area contributed by atoms with E-state index < -0.39 is 0 Å². The van der Waals surface area contributed by atoms with Crippen molar-refractivity contribution >= 4 is 58.2 Å². The monoisotopic (exact) mass is 451 g/mol. The number of nitrogens with one attached hydrogen (secondary N) is 1. The lowest BCUT2D eigenvalue weighted by molar-refractivity contribution is 0.102. The number of benzene rings is 3. The summed E-state index contributed by atoms with van der Waals surface area (Å²) in [6, 6.07) is 20.1. The van der Waals surface area contributed by atoms with Crippen LogP contribution in [0, 0.1) is 0 Å². The number of amides is 1. The van der Waals surface area contributed by atoms with E-state index in [9.17, 15) is 4.79 Å². The number of anilines is 1. The zero-order valence-corrected chi connectivity index (χ0v) is 17.7. The first-order valence-electron chi connectivity index (χ1n) is 8.39. The summed E-state index contributed by atoms with van der Waals surface area (Å²) in [5.41, 5.74) is 0.882. The van der Waals surface area contributed by atoms with Gasteiger partial charge in [0.05, 0.1) is 27.4 Å². The molecule has 3 aromatic rings. The van der Waals surface area contributed by atoms with Crippen LogP contribution in [0.25, 0.3) is 0 Å². The normalized spacial score (nSPS) is 10.5. The summed E-state index contributed by atoms with van der Waals surface area (Å²) >= 11 is 19.7. The zero-order valence-electron chi connectivity index (χ0n) is 14.6. The molecule has 0 spiro atoms. The Labute approximate surface area is 182 Å². The molecule has 0 bridgehead atoms. The molecule has 3 rings (SSSR count). The molecule has 0 aliphatic rings. The highest BCUT2D eigenvalue weighted by Crippen LogP contribution is 2.32. The van der Waals surface area contributed by atoms with Crippen molar-refractivity contribution in [1.29, 1.82) is 0 Å². The fraction of sp³-hybridized carbons (Fsp3) is 0.0952. The van der Waals surface area contributed by atoms with Crippen LogP contribution in [0.3, 0.4) is 0 Å². The van der Waals surface area contributed by atoms with Gasteiger partial charge < -0.3 is 10.1 Å². The van der Waals surface area contributed by atoms with Gasteiger partial charge in [-0.3, -0.25) is 4.79 Å². The third-order valence-electron chi connectivity index (χ3n) is 3.74. The van der Waals surface area contributed by atoms with Crippen molar-refractivity contribution < 1.29 is 9.53 Å². The molecule has 0 atom stereocenters. The second kappa shape index (κ2) is 10.1. The first-order chi connectivity index (χ1) is 13.5. The van der Waals surface area contributed by atoms with E-state index in [2.05, 4.69) is 17.4 Å². The lowest BCUT2D eigenvalue weighted by Crippen LogP contribution is -2.12. The number of rotatable bonds is 7. The van der Waals surface area contributed by atoms with E-state index in [0.717, 1.165) is 5.75 Å². The van der Waals surface area contributed by atoms with Crippen molar-refractivity contribution in [1.82, 2.24) is 0 Å². The molecule has 28 heavy (non-hydrogen) atoms. The number of carbonyl (C=O) groups is 1. The highest BCUT2D eigenvalue weighted by Gasteiger charge is 2.11. The molecule has 3 aromatic carbocycles. The van der Waals surface area contributed by atoms with Crippen LogP contribution in [0.4, 0.5) is 5.69 Å². The highest BCUT2D eigenvalue weighted by atomic mass is 35.5. The fourth-order valence-electron chi connectivity index (χ4n) is 2.35. The minimum atomic E-state index is -0.300. The third-order valence-corrected chi connectivity index (χ3v) is 5.75. The Balaban J connectivity index is 1.52. The predicted octanol–water partition coefficient (Wildman–Crippen LogP) is 7.07. The summed E-state index contributed by atoms with van der Waals surface area (Å²) in [6.45, 7) is 0.573. The summed E-state index contributed by atoms with van der Waals surface area (Å²) in [5, 5.41) is 3.69. The van der Waals surface area contributed by atoms with Crippen LogP contribution in [0.15, 0.2) is 71.6 Å². The molecular weight excluding hydrogens is 437 g/mol. The second-order valence-corrected chi connectivity index (χ2v) is 8.12. The van der Waals surface area contributed by atoms with Gasteiger partial charge in [0.15, 0.2) is 0 Å². The predicted molar refractivity (Wildman–Crippen MR) is 119 cm³/mol. The van der Waals surface area contributed by atoms with Gasteiger partial charge in [0.1, 0.15) is 5.75 Å². The Bertz CT molecular complexity index is 950. The molecule has 0 aromatic heterocycles. The van der Waals surface area contributed by atoms with Gasteiger partial charge in [-0.05, 0) is 48.5 Å². The molecule has 1 N–H and O–H groups in total. The van der Waals surface area contributed by atoms with Crippen molar-refractivity contribution in [2.45, 2.75) is 4.90 Å². The van der Waals surface area contributed by atoms with Crippen LogP contribution in [0.2, 0.25) is 15.1 Å². The maximum Gasteiger partial charge on any atom is 0.255 e. The molecule has 7 heteroatoms. The van der Waals surface area contributed by atoms with Crippen LogP contribution < -0.4 is 10.1 Å². The minimum absolute atomic E-state index is 0.300. The molecule has 144 valence electrons. The molecular formula is C21H16Cl3NO2S. The summed E-state index contributed by atoms with van der Waals surface area (Å²) in [7, 11) is 0. The number of thioether (sulfide) groups is 1. The Morgan fingerprint density at radius 2 is 1.57 bits per heavy atom. The molecule has 0 saturated heterocycles. The molecule has 0 heterocycles. The Morgan fingerprint density at radius 1 is 0.893 bits per heavy atom. The third kappa shape index (κ3) is 5.82. The van der Waals surface area contributed by atoms with Gasteiger partial charge in [-0.2, -0.15) is 0 Å². The number of halogens is 3. The Hall–Kier alpha value is -1.85. The second-order valence-electron chi connectivity index (χ2n) is 5.73. The number of carbonyl (C=O) groups excluding carboxylic acids is 1. The van der Waals surface area contributed by atoms with E-state index in [1.807, 2.05) is 18.2 Å². The van der Waals surface area contributed by atoms with E-state index in [0.29, 0.717) is 38.7 Å². The first-order valence-corrected chi connectivity index (χ1v) is 10.5. The van der Waals surface area contributed by atoms with Gasteiger partial charge >= 0.3 is 0 Å². The molecule has 0 radical (unpaired) electrons. The van der Waals surface area contributed by atoms with Crippen LogP contribution in [0.1, 0.15) is 10.4 Å². The smallest absolute Gasteiger partial charge is 0.255 e. The quantitative estimate of drug-likeness (QED) is 0.237.